The summed E-state index contributed by atoms with van der Waals surface area (Å²) < 4.78 is 30.0. The van der Waals surface area contributed by atoms with Gasteiger partial charge < -0.3 is 29.0 Å². The minimum Gasteiger partial charge on any atom is -0.459 e. The van der Waals surface area contributed by atoms with Crippen molar-refractivity contribution in [2.45, 2.75) is 30.6 Å². The van der Waals surface area contributed by atoms with Gasteiger partial charge in [-0.3, -0.25) is 4.79 Å². The summed E-state index contributed by atoms with van der Waals surface area (Å²) in [6, 6.07) is 40.5. The van der Waals surface area contributed by atoms with E-state index in [4.69, 9.17) is 23.7 Å². The molecule has 0 unspecified atom stereocenters. The van der Waals surface area contributed by atoms with Crippen molar-refractivity contribution in [3.05, 3.63) is 179 Å². The molecule has 1 amide bonds. The predicted molar refractivity (Wildman–Crippen MR) is 186 cm³/mol. The fourth-order valence-corrected chi connectivity index (χ4v) is 5.49. The van der Waals surface area contributed by atoms with Crippen LogP contribution in [0.4, 0.5) is 0 Å². The summed E-state index contributed by atoms with van der Waals surface area (Å²) in [6.07, 6.45) is -7.55. The maximum Gasteiger partial charge on any atom is 0.338 e. The standard InChI is InChI=1S/C41H33NO10/c43-36(27-16-6-1-7-17-27)42-37-35(52-41(47)31-24-14-5-15-25-31)34(51-40(46)30-22-12-4-13-23-30)33(50-39(45)29-20-10-3-11-21-29)32(49-37)26-48-38(44)28-18-8-2-9-19-28/h1-25,32-35,37H,26H2,(H,42,43)/t32-,33-,34+,35-,37-/m1/s1. The second-order valence-electron chi connectivity index (χ2n) is 11.6. The smallest absolute Gasteiger partial charge is 0.338 e. The molecule has 0 aromatic heterocycles. The summed E-state index contributed by atoms with van der Waals surface area (Å²) in [4.78, 5) is 67.6. The molecule has 11 heteroatoms. The highest BCUT2D eigenvalue weighted by molar-refractivity contribution is 5.95. The molecule has 52 heavy (non-hydrogen) atoms. The summed E-state index contributed by atoms with van der Waals surface area (Å²) in [5.74, 6) is -3.83. The molecule has 0 bridgehead atoms. The summed E-state index contributed by atoms with van der Waals surface area (Å²) in [7, 11) is 0. The highest BCUT2D eigenvalue weighted by Gasteiger charge is 2.53. The molecule has 1 heterocycles. The topological polar surface area (TPSA) is 144 Å². The van der Waals surface area contributed by atoms with Crippen LogP contribution in [-0.4, -0.2) is 67.0 Å². The van der Waals surface area contributed by atoms with E-state index in [2.05, 4.69) is 5.32 Å². The molecule has 0 spiro atoms. The van der Waals surface area contributed by atoms with Gasteiger partial charge in [0.15, 0.2) is 24.5 Å². The maximum atomic E-state index is 13.7. The van der Waals surface area contributed by atoms with Crippen molar-refractivity contribution < 1.29 is 47.7 Å². The van der Waals surface area contributed by atoms with Gasteiger partial charge in [0.25, 0.3) is 5.91 Å². The molecule has 0 saturated carbocycles. The fraction of sp³-hybridized carbons (Fsp3) is 0.146. The summed E-state index contributed by atoms with van der Waals surface area (Å²) in [6.45, 7) is -0.517. The Balaban J connectivity index is 1.41. The number of amides is 1. The SMILES string of the molecule is O=C(N[C@@H]1O[C@H](COC(=O)c2ccccc2)[C@@H](OC(=O)c2ccccc2)[C@H](OC(=O)c2ccccc2)[C@H]1OC(=O)c1ccccc1)c1ccccc1. The Labute approximate surface area is 299 Å². The van der Waals surface area contributed by atoms with Crippen LogP contribution in [0.5, 0.6) is 0 Å². The normalized spacial score (nSPS) is 19.3. The monoisotopic (exact) mass is 699 g/mol. The van der Waals surface area contributed by atoms with Crippen molar-refractivity contribution in [2.75, 3.05) is 6.61 Å². The van der Waals surface area contributed by atoms with E-state index in [1.807, 2.05) is 0 Å². The lowest BCUT2D eigenvalue weighted by atomic mass is 9.96. The Kier molecular flexibility index (Phi) is 11.4. The van der Waals surface area contributed by atoms with Crippen molar-refractivity contribution in [3.63, 3.8) is 0 Å². The third kappa shape index (κ3) is 8.76. The molecule has 1 saturated heterocycles. The number of benzene rings is 5. The van der Waals surface area contributed by atoms with Gasteiger partial charge >= 0.3 is 23.9 Å². The molecule has 6 rings (SSSR count). The number of carbonyl (C=O) groups excluding carboxylic acids is 5. The van der Waals surface area contributed by atoms with Crippen molar-refractivity contribution >= 4 is 29.8 Å². The van der Waals surface area contributed by atoms with Crippen LogP contribution < -0.4 is 5.32 Å². The average molecular weight is 700 g/mol. The molecule has 1 aliphatic heterocycles. The number of rotatable bonds is 11. The van der Waals surface area contributed by atoms with Gasteiger partial charge in [0.2, 0.25) is 0 Å². The van der Waals surface area contributed by atoms with Crippen LogP contribution in [0.1, 0.15) is 51.8 Å². The molecular weight excluding hydrogens is 666 g/mol. The number of hydrogen-bond acceptors (Lipinski definition) is 10. The molecule has 1 fully saturated rings. The first-order chi connectivity index (χ1) is 25.4. The zero-order valence-electron chi connectivity index (χ0n) is 27.6. The van der Waals surface area contributed by atoms with Crippen LogP contribution in [0, 0.1) is 0 Å². The molecule has 262 valence electrons. The van der Waals surface area contributed by atoms with Crippen LogP contribution in [0.15, 0.2) is 152 Å². The van der Waals surface area contributed by atoms with Gasteiger partial charge in [-0.2, -0.15) is 0 Å². The first kappa shape index (κ1) is 35.2. The minimum atomic E-state index is -1.59. The zero-order valence-corrected chi connectivity index (χ0v) is 27.6. The van der Waals surface area contributed by atoms with Crippen molar-refractivity contribution in [1.82, 2.24) is 5.32 Å². The molecule has 5 aromatic carbocycles. The van der Waals surface area contributed by atoms with E-state index in [0.29, 0.717) is 0 Å². The Bertz CT molecular complexity index is 1980. The highest BCUT2D eigenvalue weighted by Crippen LogP contribution is 2.30. The van der Waals surface area contributed by atoms with Gasteiger partial charge in [0.1, 0.15) is 12.7 Å². The minimum absolute atomic E-state index is 0.146. The zero-order chi connectivity index (χ0) is 36.3. The molecule has 5 aromatic rings. The molecule has 1 N–H and O–H groups in total. The van der Waals surface area contributed by atoms with Crippen LogP contribution in [0.3, 0.4) is 0 Å². The van der Waals surface area contributed by atoms with E-state index in [1.54, 1.807) is 115 Å². The summed E-state index contributed by atoms with van der Waals surface area (Å²) in [5, 5.41) is 2.73. The average Bonchev–Trinajstić information content (AvgIpc) is 3.20. The number of ether oxygens (including phenoxy) is 5. The van der Waals surface area contributed by atoms with Crippen LogP contribution >= 0.6 is 0 Å². The van der Waals surface area contributed by atoms with Gasteiger partial charge in [-0.25, -0.2) is 19.2 Å². The third-order valence-corrected chi connectivity index (χ3v) is 8.09. The van der Waals surface area contributed by atoms with Crippen molar-refractivity contribution in [3.8, 4) is 0 Å². The second-order valence-corrected chi connectivity index (χ2v) is 11.6. The highest BCUT2D eigenvalue weighted by atomic mass is 16.7. The Morgan fingerprint density at radius 3 is 1.21 bits per heavy atom. The van der Waals surface area contributed by atoms with Crippen molar-refractivity contribution in [2.24, 2.45) is 0 Å². The van der Waals surface area contributed by atoms with Crippen molar-refractivity contribution in [1.29, 1.82) is 0 Å². The van der Waals surface area contributed by atoms with Crippen LogP contribution in [-0.2, 0) is 23.7 Å². The maximum absolute atomic E-state index is 13.7. The largest absolute Gasteiger partial charge is 0.459 e. The van der Waals surface area contributed by atoms with Gasteiger partial charge in [-0.05, 0) is 60.7 Å². The van der Waals surface area contributed by atoms with E-state index in [0.717, 1.165) is 0 Å². The number of nitrogens with one attached hydrogen (secondary N) is 1. The lowest BCUT2D eigenvalue weighted by molar-refractivity contribution is -0.233. The van der Waals surface area contributed by atoms with E-state index in [1.165, 1.54) is 36.4 Å². The predicted octanol–water partition coefficient (Wildman–Crippen LogP) is 5.68. The summed E-state index contributed by atoms with van der Waals surface area (Å²) >= 11 is 0. The molecule has 1 aliphatic rings. The summed E-state index contributed by atoms with van der Waals surface area (Å²) in [5.41, 5.74) is 0.953. The second kappa shape index (κ2) is 16.9. The molecule has 0 aliphatic carbocycles. The van der Waals surface area contributed by atoms with Gasteiger partial charge in [-0.1, -0.05) is 91.0 Å². The van der Waals surface area contributed by atoms with Crippen LogP contribution in [0.25, 0.3) is 0 Å². The fourth-order valence-electron chi connectivity index (χ4n) is 5.49. The van der Waals surface area contributed by atoms with Gasteiger partial charge in [-0.15, -0.1) is 0 Å². The lowest BCUT2D eigenvalue weighted by Gasteiger charge is -2.44. The van der Waals surface area contributed by atoms with E-state index in [9.17, 15) is 24.0 Å². The Hall–Kier alpha value is -6.59. The van der Waals surface area contributed by atoms with Gasteiger partial charge in [0, 0.05) is 5.56 Å². The number of hydrogen-bond donors (Lipinski definition) is 1. The van der Waals surface area contributed by atoms with E-state index >= 15 is 0 Å². The number of esters is 4. The van der Waals surface area contributed by atoms with Gasteiger partial charge in [0.05, 0.1) is 22.3 Å². The first-order valence-electron chi connectivity index (χ1n) is 16.4. The Morgan fingerprint density at radius 1 is 0.442 bits per heavy atom. The molecular formula is C41H33NO10. The Morgan fingerprint density at radius 2 is 0.788 bits per heavy atom. The quantitative estimate of drug-likeness (QED) is 0.135. The van der Waals surface area contributed by atoms with Crippen LogP contribution in [0.2, 0.25) is 0 Å². The molecule has 5 atom stereocenters. The molecule has 11 nitrogen and oxygen atoms in total. The first-order valence-corrected chi connectivity index (χ1v) is 16.4. The van der Waals surface area contributed by atoms with E-state index < -0.39 is 67.0 Å². The lowest BCUT2D eigenvalue weighted by Crippen LogP contribution is -2.66. The third-order valence-electron chi connectivity index (χ3n) is 8.09. The number of carbonyl (C=O) groups is 5. The van der Waals surface area contributed by atoms with E-state index in [-0.39, 0.29) is 27.8 Å². The molecule has 0 radical (unpaired) electrons.